The minimum Gasteiger partial charge on any atom is -0.497 e. The average Bonchev–Trinajstić information content (AvgIpc) is 2.74. The SMILES string of the molecule is CCNC(=O)C(CC)N(Cc1ccc(OC)cc1)C(=O)COc1ccc(C)c(C)c1. The van der Waals surface area contributed by atoms with E-state index < -0.39 is 6.04 Å². The summed E-state index contributed by atoms with van der Waals surface area (Å²) in [5.41, 5.74) is 3.18. The van der Waals surface area contributed by atoms with Gasteiger partial charge >= 0.3 is 0 Å². The summed E-state index contributed by atoms with van der Waals surface area (Å²) in [6.45, 7) is 8.49. The fourth-order valence-electron chi connectivity index (χ4n) is 3.17. The van der Waals surface area contributed by atoms with E-state index in [0.29, 0.717) is 25.3 Å². The van der Waals surface area contributed by atoms with Crippen LogP contribution in [0.3, 0.4) is 0 Å². The molecule has 2 aromatic carbocycles. The lowest BCUT2D eigenvalue weighted by atomic mass is 10.1. The van der Waals surface area contributed by atoms with E-state index in [1.54, 1.807) is 12.0 Å². The van der Waals surface area contributed by atoms with E-state index in [-0.39, 0.29) is 18.4 Å². The molecule has 2 rings (SSSR count). The van der Waals surface area contributed by atoms with Gasteiger partial charge in [-0.25, -0.2) is 0 Å². The third-order valence-electron chi connectivity index (χ3n) is 5.09. The first-order valence-electron chi connectivity index (χ1n) is 10.3. The monoisotopic (exact) mass is 412 g/mol. The summed E-state index contributed by atoms with van der Waals surface area (Å²) >= 11 is 0. The number of carbonyl (C=O) groups excluding carboxylic acids is 2. The summed E-state index contributed by atoms with van der Waals surface area (Å²) in [7, 11) is 1.61. The number of nitrogens with zero attached hydrogens (tertiary/aromatic N) is 1. The first-order chi connectivity index (χ1) is 14.4. The molecule has 0 fully saturated rings. The fourth-order valence-corrected chi connectivity index (χ4v) is 3.17. The molecule has 0 aliphatic rings. The molecule has 1 atom stereocenters. The van der Waals surface area contributed by atoms with Crippen LogP contribution in [0.5, 0.6) is 11.5 Å². The van der Waals surface area contributed by atoms with Crippen LogP contribution >= 0.6 is 0 Å². The number of rotatable bonds is 10. The molecule has 2 aromatic rings. The molecule has 6 nitrogen and oxygen atoms in total. The number of methoxy groups -OCH3 is 1. The minimum atomic E-state index is -0.567. The van der Waals surface area contributed by atoms with Gasteiger partial charge in [-0.2, -0.15) is 0 Å². The largest absolute Gasteiger partial charge is 0.497 e. The number of benzene rings is 2. The quantitative estimate of drug-likeness (QED) is 0.647. The van der Waals surface area contributed by atoms with Crippen LogP contribution < -0.4 is 14.8 Å². The zero-order chi connectivity index (χ0) is 22.1. The second-order valence-corrected chi connectivity index (χ2v) is 7.22. The van der Waals surface area contributed by atoms with Crippen molar-refractivity contribution in [3.8, 4) is 11.5 Å². The number of likely N-dealkylation sites (N-methyl/N-ethyl adjacent to an activating group) is 1. The molecule has 162 valence electrons. The first kappa shape index (κ1) is 23.3. The Morgan fingerprint density at radius 3 is 2.23 bits per heavy atom. The third-order valence-corrected chi connectivity index (χ3v) is 5.09. The number of carbonyl (C=O) groups is 2. The number of hydrogen-bond acceptors (Lipinski definition) is 4. The van der Waals surface area contributed by atoms with E-state index in [9.17, 15) is 9.59 Å². The van der Waals surface area contributed by atoms with Crippen LogP contribution in [0.15, 0.2) is 42.5 Å². The van der Waals surface area contributed by atoms with E-state index >= 15 is 0 Å². The molecule has 2 amide bonds. The number of ether oxygens (including phenoxy) is 2. The van der Waals surface area contributed by atoms with Crippen LogP contribution in [0.2, 0.25) is 0 Å². The topological polar surface area (TPSA) is 67.9 Å². The summed E-state index contributed by atoms with van der Waals surface area (Å²) in [4.78, 5) is 27.3. The Hall–Kier alpha value is -3.02. The molecule has 0 radical (unpaired) electrons. The Morgan fingerprint density at radius 2 is 1.67 bits per heavy atom. The summed E-state index contributed by atoms with van der Waals surface area (Å²) in [5, 5.41) is 2.83. The van der Waals surface area contributed by atoms with E-state index in [1.165, 1.54) is 0 Å². The van der Waals surface area contributed by atoms with Crippen molar-refractivity contribution in [2.75, 3.05) is 20.3 Å². The predicted molar refractivity (Wildman–Crippen MR) is 118 cm³/mol. The molecule has 30 heavy (non-hydrogen) atoms. The van der Waals surface area contributed by atoms with Gasteiger partial charge in [-0.3, -0.25) is 9.59 Å². The Balaban J connectivity index is 2.19. The summed E-state index contributed by atoms with van der Waals surface area (Å²) in [6, 6.07) is 12.6. The second kappa shape index (κ2) is 11.2. The number of amides is 2. The smallest absolute Gasteiger partial charge is 0.261 e. The average molecular weight is 413 g/mol. The van der Waals surface area contributed by atoms with Crippen LogP contribution in [0.4, 0.5) is 0 Å². The van der Waals surface area contributed by atoms with Gasteiger partial charge in [0.15, 0.2) is 6.61 Å². The van der Waals surface area contributed by atoms with Crippen molar-refractivity contribution in [3.05, 3.63) is 59.2 Å². The summed E-state index contributed by atoms with van der Waals surface area (Å²) < 4.78 is 11.0. The van der Waals surface area contributed by atoms with Crippen LogP contribution in [-0.2, 0) is 16.1 Å². The Labute approximate surface area is 179 Å². The lowest BCUT2D eigenvalue weighted by molar-refractivity contribution is -0.142. The molecule has 0 saturated carbocycles. The zero-order valence-corrected chi connectivity index (χ0v) is 18.5. The van der Waals surface area contributed by atoms with Gasteiger partial charge in [0.25, 0.3) is 5.91 Å². The molecule has 1 N–H and O–H groups in total. The Kier molecular flexibility index (Phi) is 8.71. The molecule has 0 aromatic heterocycles. The first-order valence-corrected chi connectivity index (χ1v) is 10.3. The van der Waals surface area contributed by atoms with Gasteiger partial charge in [0.2, 0.25) is 5.91 Å². The molecule has 0 bridgehead atoms. The van der Waals surface area contributed by atoms with Crippen molar-refractivity contribution in [2.24, 2.45) is 0 Å². The highest BCUT2D eigenvalue weighted by Gasteiger charge is 2.28. The zero-order valence-electron chi connectivity index (χ0n) is 18.5. The summed E-state index contributed by atoms with van der Waals surface area (Å²) in [6.07, 6.45) is 0.511. The number of nitrogens with one attached hydrogen (secondary N) is 1. The highest BCUT2D eigenvalue weighted by atomic mass is 16.5. The van der Waals surface area contributed by atoms with Gasteiger partial charge < -0.3 is 19.7 Å². The van der Waals surface area contributed by atoms with Gasteiger partial charge in [0.05, 0.1) is 7.11 Å². The summed E-state index contributed by atoms with van der Waals surface area (Å²) in [5.74, 6) is 0.988. The second-order valence-electron chi connectivity index (χ2n) is 7.22. The van der Waals surface area contributed by atoms with E-state index in [2.05, 4.69) is 5.32 Å². The van der Waals surface area contributed by atoms with Gasteiger partial charge in [0.1, 0.15) is 17.5 Å². The van der Waals surface area contributed by atoms with E-state index in [1.807, 2.05) is 70.2 Å². The van der Waals surface area contributed by atoms with E-state index in [0.717, 1.165) is 22.4 Å². The molecule has 0 heterocycles. The molecule has 0 spiro atoms. The van der Waals surface area contributed by atoms with E-state index in [4.69, 9.17) is 9.47 Å². The van der Waals surface area contributed by atoms with Crippen molar-refractivity contribution in [1.29, 1.82) is 0 Å². The van der Waals surface area contributed by atoms with Crippen molar-refractivity contribution in [1.82, 2.24) is 10.2 Å². The molecule has 0 aliphatic carbocycles. The Bertz CT molecular complexity index is 849. The maximum atomic E-state index is 13.1. The highest BCUT2D eigenvalue weighted by molar-refractivity contribution is 5.88. The number of hydrogen-bond donors (Lipinski definition) is 1. The molecular weight excluding hydrogens is 380 g/mol. The van der Waals surface area contributed by atoms with Crippen LogP contribution in [0, 0.1) is 13.8 Å². The molecule has 0 saturated heterocycles. The maximum absolute atomic E-state index is 13.1. The third kappa shape index (κ3) is 6.24. The van der Waals surface area contributed by atoms with Crippen LogP contribution in [0.1, 0.15) is 37.0 Å². The normalized spacial score (nSPS) is 11.5. The predicted octanol–water partition coefficient (Wildman–Crippen LogP) is 3.63. The Morgan fingerprint density at radius 1 is 1.00 bits per heavy atom. The molecule has 1 unspecified atom stereocenters. The van der Waals surface area contributed by atoms with Gasteiger partial charge in [0, 0.05) is 13.1 Å². The standard InChI is InChI=1S/C24H32N2O4/c1-6-22(24(28)25-7-2)26(15-19-9-12-20(29-5)13-10-19)23(27)16-30-21-11-8-17(3)18(4)14-21/h8-14,22H,6-7,15-16H2,1-5H3,(H,25,28). The lowest BCUT2D eigenvalue weighted by Crippen LogP contribution is -2.50. The highest BCUT2D eigenvalue weighted by Crippen LogP contribution is 2.19. The van der Waals surface area contributed by atoms with Crippen LogP contribution in [0.25, 0.3) is 0 Å². The number of aryl methyl sites for hydroxylation is 2. The van der Waals surface area contributed by atoms with Gasteiger partial charge in [-0.1, -0.05) is 25.1 Å². The van der Waals surface area contributed by atoms with Crippen molar-refractivity contribution in [3.63, 3.8) is 0 Å². The molecule has 6 heteroatoms. The molecular formula is C24H32N2O4. The lowest BCUT2D eigenvalue weighted by Gasteiger charge is -2.30. The fraction of sp³-hybridized carbons (Fsp3) is 0.417. The van der Waals surface area contributed by atoms with Crippen molar-refractivity contribution in [2.45, 2.75) is 46.7 Å². The van der Waals surface area contributed by atoms with Crippen molar-refractivity contribution < 1.29 is 19.1 Å². The minimum absolute atomic E-state index is 0.130. The van der Waals surface area contributed by atoms with Gasteiger partial charge in [-0.05, 0) is 68.1 Å². The van der Waals surface area contributed by atoms with Crippen LogP contribution in [-0.4, -0.2) is 43.0 Å². The van der Waals surface area contributed by atoms with Crippen molar-refractivity contribution >= 4 is 11.8 Å². The maximum Gasteiger partial charge on any atom is 0.261 e. The van der Waals surface area contributed by atoms with Gasteiger partial charge in [-0.15, -0.1) is 0 Å². The molecule has 0 aliphatic heterocycles.